The Morgan fingerprint density at radius 1 is 1.03 bits per heavy atom. The molecule has 1 amide bonds. The third-order valence-corrected chi connectivity index (χ3v) is 7.42. The Labute approximate surface area is 195 Å². The van der Waals surface area contributed by atoms with Crippen LogP contribution in [0.15, 0.2) is 77.4 Å². The SMILES string of the molecule is O=C(Nc1ccc(N2CCCS2(=O)=O)cc1)c1cc(-c2ccco2)n(-c2ccc(Cl)cc2)n1. The van der Waals surface area contributed by atoms with Crippen LogP contribution in [0.4, 0.5) is 11.4 Å². The molecule has 4 aromatic rings. The van der Waals surface area contributed by atoms with Gasteiger partial charge >= 0.3 is 0 Å². The number of hydrogen-bond acceptors (Lipinski definition) is 5. The van der Waals surface area contributed by atoms with E-state index in [1.807, 2.05) is 0 Å². The van der Waals surface area contributed by atoms with Crippen LogP contribution in [0.5, 0.6) is 0 Å². The number of halogens is 1. The Bertz CT molecular complexity index is 1400. The molecule has 0 aliphatic carbocycles. The smallest absolute Gasteiger partial charge is 0.276 e. The van der Waals surface area contributed by atoms with Crippen molar-refractivity contribution in [1.29, 1.82) is 0 Å². The first-order valence-corrected chi connectivity index (χ1v) is 12.2. The third kappa shape index (κ3) is 4.24. The molecule has 8 nitrogen and oxygen atoms in total. The van der Waals surface area contributed by atoms with Crippen LogP contribution in [-0.2, 0) is 10.0 Å². The highest BCUT2D eigenvalue weighted by Gasteiger charge is 2.28. The van der Waals surface area contributed by atoms with Crippen molar-refractivity contribution in [3.63, 3.8) is 0 Å². The summed E-state index contributed by atoms with van der Waals surface area (Å²) in [6, 6.07) is 19.0. The van der Waals surface area contributed by atoms with Crippen LogP contribution in [0.3, 0.4) is 0 Å². The number of benzene rings is 2. The molecular weight excluding hydrogens is 464 g/mol. The van der Waals surface area contributed by atoms with E-state index in [4.69, 9.17) is 16.0 Å². The first-order chi connectivity index (χ1) is 15.9. The van der Waals surface area contributed by atoms with E-state index in [1.165, 1.54) is 4.31 Å². The molecule has 2 aromatic carbocycles. The maximum Gasteiger partial charge on any atom is 0.276 e. The zero-order chi connectivity index (χ0) is 23.0. The third-order valence-electron chi connectivity index (χ3n) is 5.30. The van der Waals surface area contributed by atoms with Crippen LogP contribution < -0.4 is 9.62 Å². The van der Waals surface area contributed by atoms with Crippen molar-refractivity contribution in [3.05, 3.63) is 83.7 Å². The summed E-state index contributed by atoms with van der Waals surface area (Å²) in [7, 11) is -3.26. The van der Waals surface area contributed by atoms with E-state index >= 15 is 0 Å². The fraction of sp³-hybridized carbons (Fsp3) is 0.130. The van der Waals surface area contributed by atoms with Gasteiger partial charge in [0.1, 0.15) is 5.69 Å². The first-order valence-electron chi connectivity index (χ1n) is 10.2. The monoisotopic (exact) mass is 482 g/mol. The molecule has 0 unspecified atom stereocenters. The van der Waals surface area contributed by atoms with E-state index in [1.54, 1.807) is 77.7 Å². The minimum absolute atomic E-state index is 0.153. The molecule has 1 aliphatic heterocycles. The molecule has 2 aromatic heterocycles. The molecule has 168 valence electrons. The number of sulfonamides is 1. The molecule has 10 heteroatoms. The Morgan fingerprint density at radius 2 is 1.76 bits per heavy atom. The lowest BCUT2D eigenvalue weighted by Gasteiger charge is -2.17. The predicted molar refractivity (Wildman–Crippen MR) is 126 cm³/mol. The molecule has 1 N–H and O–H groups in total. The van der Waals surface area contributed by atoms with Crippen LogP contribution in [0.2, 0.25) is 5.02 Å². The van der Waals surface area contributed by atoms with E-state index in [2.05, 4.69) is 10.4 Å². The van der Waals surface area contributed by atoms with Crippen molar-refractivity contribution in [2.45, 2.75) is 6.42 Å². The summed E-state index contributed by atoms with van der Waals surface area (Å²) in [5.74, 6) is 0.310. The van der Waals surface area contributed by atoms with E-state index in [9.17, 15) is 13.2 Å². The average molecular weight is 483 g/mol. The molecule has 0 saturated carbocycles. The van der Waals surface area contributed by atoms with Gasteiger partial charge in [-0.15, -0.1) is 0 Å². The quantitative estimate of drug-likeness (QED) is 0.449. The molecule has 3 heterocycles. The summed E-state index contributed by atoms with van der Waals surface area (Å²) in [5.41, 5.74) is 2.64. The van der Waals surface area contributed by atoms with Gasteiger partial charge in [-0.05, 0) is 67.1 Å². The van der Waals surface area contributed by atoms with Gasteiger partial charge in [-0.25, -0.2) is 13.1 Å². The number of nitrogens with zero attached hydrogens (tertiary/aromatic N) is 3. The van der Waals surface area contributed by atoms with Crippen LogP contribution in [0.1, 0.15) is 16.9 Å². The topological polar surface area (TPSA) is 97.4 Å². The zero-order valence-electron chi connectivity index (χ0n) is 17.3. The summed E-state index contributed by atoms with van der Waals surface area (Å²) >= 11 is 6.00. The van der Waals surface area contributed by atoms with E-state index in [0.717, 1.165) is 5.69 Å². The number of anilines is 2. The summed E-state index contributed by atoms with van der Waals surface area (Å²) < 4.78 is 32.7. The van der Waals surface area contributed by atoms with Gasteiger partial charge in [0, 0.05) is 23.3 Å². The van der Waals surface area contributed by atoms with Crippen molar-refractivity contribution < 1.29 is 17.6 Å². The van der Waals surface area contributed by atoms with Crippen LogP contribution in [-0.4, -0.2) is 36.4 Å². The second-order valence-electron chi connectivity index (χ2n) is 7.52. The number of rotatable bonds is 5. The van der Waals surface area contributed by atoms with Crippen LogP contribution >= 0.6 is 11.6 Å². The number of aromatic nitrogens is 2. The van der Waals surface area contributed by atoms with Gasteiger partial charge in [-0.2, -0.15) is 5.10 Å². The molecule has 5 rings (SSSR count). The van der Waals surface area contributed by atoms with Crippen molar-refractivity contribution in [2.24, 2.45) is 0 Å². The molecule has 0 spiro atoms. The lowest BCUT2D eigenvalue weighted by Crippen LogP contribution is -2.25. The lowest BCUT2D eigenvalue weighted by molar-refractivity contribution is 0.102. The summed E-state index contributed by atoms with van der Waals surface area (Å²) in [5, 5.41) is 7.88. The van der Waals surface area contributed by atoms with Gasteiger partial charge in [0.05, 0.1) is 23.4 Å². The number of carbonyl (C=O) groups is 1. The molecule has 33 heavy (non-hydrogen) atoms. The van der Waals surface area contributed by atoms with E-state index < -0.39 is 15.9 Å². The van der Waals surface area contributed by atoms with Gasteiger partial charge in [0.15, 0.2) is 11.5 Å². The molecule has 1 aliphatic rings. The first kappa shape index (κ1) is 21.3. The van der Waals surface area contributed by atoms with Crippen molar-refractivity contribution >= 4 is 38.9 Å². The Hall–Kier alpha value is -3.56. The minimum Gasteiger partial charge on any atom is -0.463 e. The van der Waals surface area contributed by atoms with Gasteiger partial charge in [-0.3, -0.25) is 9.10 Å². The Kier molecular flexibility index (Phi) is 5.43. The number of carbonyl (C=O) groups excluding carboxylic acids is 1. The Morgan fingerprint density at radius 3 is 2.39 bits per heavy atom. The molecule has 0 radical (unpaired) electrons. The zero-order valence-corrected chi connectivity index (χ0v) is 18.9. The second kappa shape index (κ2) is 8.42. The van der Waals surface area contributed by atoms with Crippen LogP contribution in [0, 0.1) is 0 Å². The minimum atomic E-state index is -3.26. The number of nitrogens with one attached hydrogen (secondary N) is 1. The van der Waals surface area contributed by atoms with Crippen LogP contribution in [0.25, 0.3) is 17.1 Å². The molecule has 1 fully saturated rings. The maximum absolute atomic E-state index is 12.9. The summed E-state index contributed by atoms with van der Waals surface area (Å²) in [4.78, 5) is 12.9. The van der Waals surface area contributed by atoms with Gasteiger partial charge < -0.3 is 9.73 Å². The summed E-state index contributed by atoms with van der Waals surface area (Å²) in [6.45, 7) is 0.464. The molecular formula is C23H19ClN4O4S. The fourth-order valence-corrected chi connectivity index (χ4v) is 5.40. The highest BCUT2D eigenvalue weighted by Crippen LogP contribution is 2.27. The van der Waals surface area contributed by atoms with Gasteiger partial charge in [-0.1, -0.05) is 11.6 Å². The lowest BCUT2D eigenvalue weighted by atomic mass is 10.2. The second-order valence-corrected chi connectivity index (χ2v) is 9.97. The standard InChI is InChI=1S/C23H19ClN4O4S/c24-16-4-8-19(9-5-16)28-21(22-3-1-13-32-22)15-20(26-28)23(29)25-17-6-10-18(11-7-17)27-12-2-14-33(27,30)31/h1,3-11,13,15H,2,12,14H2,(H,25,29). The van der Waals surface area contributed by atoms with E-state index in [0.29, 0.717) is 40.8 Å². The highest BCUT2D eigenvalue weighted by molar-refractivity contribution is 7.93. The highest BCUT2D eigenvalue weighted by atomic mass is 35.5. The number of hydrogen-bond donors (Lipinski definition) is 1. The Balaban J connectivity index is 1.41. The normalized spacial score (nSPS) is 15.0. The van der Waals surface area contributed by atoms with Crippen molar-refractivity contribution in [1.82, 2.24) is 9.78 Å². The molecule has 1 saturated heterocycles. The van der Waals surface area contributed by atoms with E-state index in [-0.39, 0.29) is 11.4 Å². The maximum atomic E-state index is 12.9. The number of amides is 1. The average Bonchev–Trinajstić information content (AvgIpc) is 3.54. The predicted octanol–water partition coefficient (Wildman–Crippen LogP) is 4.58. The fourth-order valence-electron chi connectivity index (χ4n) is 3.71. The summed E-state index contributed by atoms with van der Waals surface area (Å²) in [6.07, 6.45) is 2.16. The van der Waals surface area contributed by atoms with Gasteiger partial charge in [0.2, 0.25) is 10.0 Å². The number of furan rings is 1. The van der Waals surface area contributed by atoms with Crippen molar-refractivity contribution in [3.8, 4) is 17.1 Å². The largest absolute Gasteiger partial charge is 0.463 e. The van der Waals surface area contributed by atoms with Gasteiger partial charge in [0.25, 0.3) is 5.91 Å². The molecule has 0 atom stereocenters. The molecule has 0 bridgehead atoms. The van der Waals surface area contributed by atoms with Crippen molar-refractivity contribution in [2.75, 3.05) is 21.9 Å².